The fraction of sp³-hybridized carbons (Fsp3) is 0.100. The van der Waals surface area contributed by atoms with E-state index in [-0.39, 0.29) is 28.5 Å². The lowest BCUT2D eigenvalue weighted by Gasteiger charge is -1.98. The Bertz CT molecular complexity index is 548. The molecule has 0 aliphatic heterocycles. The van der Waals surface area contributed by atoms with Crippen LogP contribution in [0, 0.1) is 17.0 Å². The van der Waals surface area contributed by atoms with Crippen LogP contribution in [-0.4, -0.2) is 15.2 Å². The fourth-order valence-electron chi connectivity index (χ4n) is 1.42. The van der Waals surface area contributed by atoms with Gasteiger partial charge in [0.2, 0.25) is 5.76 Å². The lowest BCUT2D eigenvalue weighted by Crippen LogP contribution is -1.90. The summed E-state index contributed by atoms with van der Waals surface area (Å²) in [5, 5.41) is 23.9. The highest BCUT2D eigenvalue weighted by Crippen LogP contribution is 2.36. The average Bonchev–Trinajstić information content (AvgIpc) is 2.61. The van der Waals surface area contributed by atoms with Crippen molar-refractivity contribution in [2.75, 3.05) is 0 Å². The molecule has 0 amide bonds. The largest absolute Gasteiger partial charge is 0.507 e. The third-order valence-electron chi connectivity index (χ3n) is 2.16. The van der Waals surface area contributed by atoms with Gasteiger partial charge in [-0.05, 0) is 19.1 Å². The summed E-state index contributed by atoms with van der Waals surface area (Å²) in [4.78, 5) is 10.2. The van der Waals surface area contributed by atoms with Crippen LogP contribution in [0.25, 0.3) is 11.3 Å². The summed E-state index contributed by atoms with van der Waals surface area (Å²) >= 11 is 0. The highest BCUT2D eigenvalue weighted by atomic mass is 16.6. The molecule has 6 heteroatoms. The molecule has 1 N–H and O–H groups in total. The molecule has 16 heavy (non-hydrogen) atoms. The molecule has 6 nitrogen and oxygen atoms in total. The number of phenolic OH excluding ortho intramolecular Hbond substituents is 1. The Kier molecular flexibility index (Phi) is 2.32. The van der Waals surface area contributed by atoms with Gasteiger partial charge < -0.3 is 9.63 Å². The average molecular weight is 220 g/mol. The number of aromatic nitrogens is 1. The number of aromatic hydroxyl groups is 1. The second kappa shape index (κ2) is 3.65. The first-order valence-corrected chi connectivity index (χ1v) is 4.50. The number of aryl methyl sites for hydroxylation is 1. The summed E-state index contributed by atoms with van der Waals surface area (Å²) in [7, 11) is 0. The van der Waals surface area contributed by atoms with Gasteiger partial charge in [-0.15, -0.1) is 0 Å². The molecule has 0 saturated heterocycles. The van der Waals surface area contributed by atoms with E-state index in [2.05, 4.69) is 5.16 Å². The predicted molar refractivity (Wildman–Crippen MR) is 55.0 cm³/mol. The maximum Gasteiger partial charge on any atom is 0.339 e. The topological polar surface area (TPSA) is 89.4 Å². The Morgan fingerprint density at radius 2 is 2.12 bits per heavy atom. The van der Waals surface area contributed by atoms with Crippen LogP contribution in [-0.2, 0) is 0 Å². The standard InChI is InChI=1S/C10H8N2O4/c1-6-9(12(14)15)10(16-11-6)7-4-2-3-5-8(7)13/h2-5,13H,1H3. The molecule has 82 valence electrons. The highest BCUT2D eigenvalue weighted by Gasteiger charge is 2.26. The van der Waals surface area contributed by atoms with Gasteiger partial charge in [-0.25, -0.2) is 0 Å². The summed E-state index contributed by atoms with van der Waals surface area (Å²) in [6, 6.07) is 6.23. The zero-order chi connectivity index (χ0) is 11.7. The molecule has 0 saturated carbocycles. The molecule has 0 aliphatic rings. The SMILES string of the molecule is Cc1noc(-c2ccccc2O)c1[N+](=O)[O-]. The number of nitrogens with zero attached hydrogens (tertiary/aromatic N) is 2. The molecular weight excluding hydrogens is 212 g/mol. The maximum absolute atomic E-state index is 10.8. The monoisotopic (exact) mass is 220 g/mol. The van der Waals surface area contributed by atoms with E-state index in [0.717, 1.165) is 0 Å². The molecule has 0 bridgehead atoms. The van der Waals surface area contributed by atoms with Crippen LogP contribution in [0.1, 0.15) is 5.69 Å². The van der Waals surface area contributed by atoms with Crippen LogP contribution >= 0.6 is 0 Å². The molecule has 0 unspecified atom stereocenters. The summed E-state index contributed by atoms with van der Waals surface area (Å²) in [6.45, 7) is 1.48. The van der Waals surface area contributed by atoms with Gasteiger partial charge in [0.05, 0.1) is 10.5 Å². The molecule has 0 radical (unpaired) electrons. The van der Waals surface area contributed by atoms with Crippen molar-refractivity contribution in [1.29, 1.82) is 0 Å². The van der Waals surface area contributed by atoms with E-state index in [1.807, 2.05) is 0 Å². The van der Waals surface area contributed by atoms with Gasteiger partial charge in [0.1, 0.15) is 5.75 Å². The van der Waals surface area contributed by atoms with E-state index in [1.54, 1.807) is 12.1 Å². The number of hydrogen-bond acceptors (Lipinski definition) is 5. The maximum atomic E-state index is 10.8. The number of nitro groups is 1. The normalized spacial score (nSPS) is 10.3. The number of hydrogen-bond donors (Lipinski definition) is 1. The van der Waals surface area contributed by atoms with Crippen LogP contribution in [0.2, 0.25) is 0 Å². The molecule has 2 rings (SSSR count). The van der Waals surface area contributed by atoms with Crippen LogP contribution in [0.4, 0.5) is 5.69 Å². The zero-order valence-electron chi connectivity index (χ0n) is 8.38. The van der Waals surface area contributed by atoms with Crippen molar-refractivity contribution in [1.82, 2.24) is 5.16 Å². The van der Waals surface area contributed by atoms with E-state index >= 15 is 0 Å². The van der Waals surface area contributed by atoms with E-state index < -0.39 is 4.92 Å². The fourth-order valence-corrected chi connectivity index (χ4v) is 1.42. The third kappa shape index (κ3) is 1.50. The second-order valence-corrected chi connectivity index (χ2v) is 3.22. The van der Waals surface area contributed by atoms with E-state index in [4.69, 9.17) is 4.52 Å². The summed E-state index contributed by atoms with van der Waals surface area (Å²) in [5.41, 5.74) is 0.222. The van der Waals surface area contributed by atoms with Crippen molar-refractivity contribution < 1.29 is 14.6 Å². The van der Waals surface area contributed by atoms with Crippen molar-refractivity contribution in [3.63, 3.8) is 0 Å². The highest BCUT2D eigenvalue weighted by molar-refractivity contribution is 5.73. The molecule has 1 heterocycles. The smallest absolute Gasteiger partial charge is 0.339 e. The first-order chi connectivity index (χ1) is 7.61. The minimum Gasteiger partial charge on any atom is -0.507 e. The van der Waals surface area contributed by atoms with Crippen molar-refractivity contribution in [3.05, 3.63) is 40.1 Å². The van der Waals surface area contributed by atoms with Gasteiger partial charge in [0.25, 0.3) is 0 Å². The lowest BCUT2D eigenvalue weighted by molar-refractivity contribution is -0.385. The zero-order valence-corrected chi connectivity index (χ0v) is 8.38. The summed E-state index contributed by atoms with van der Waals surface area (Å²) in [6.07, 6.45) is 0. The number of benzene rings is 1. The quantitative estimate of drug-likeness (QED) is 0.619. The first-order valence-electron chi connectivity index (χ1n) is 4.50. The van der Waals surface area contributed by atoms with Crippen LogP contribution < -0.4 is 0 Å². The number of phenols is 1. The van der Waals surface area contributed by atoms with Gasteiger partial charge in [0, 0.05) is 0 Å². The molecule has 0 aliphatic carbocycles. The Balaban J connectivity index is 2.66. The molecule has 2 aromatic rings. The van der Waals surface area contributed by atoms with Gasteiger partial charge in [-0.3, -0.25) is 10.1 Å². The Labute approximate surface area is 90.3 Å². The summed E-state index contributed by atoms with van der Waals surface area (Å²) < 4.78 is 4.87. The van der Waals surface area contributed by atoms with Gasteiger partial charge in [0.15, 0.2) is 5.69 Å². The van der Waals surface area contributed by atoms with Crippen molar-refractivity contribution in [3.8, 4) is 17.1 Å². The van der Waals surface area contributed by atoms with E-state index in [0.29, 0.717) is 0 Å². The Morgan fingerprint density at radius 1 is 1.44 bits per heavy atom. The van der Waals surface area contributed by atoms with E-state index in [1.165, 1.54) is 19.1 Å². The minimum absolute atomic E-state index is 0.0272. The Morgan fingerprint density at radius 3 is 2.75 bits per heavy atom. The van der Waals surface area contributed by atoms with Crippen LogP contribution in [0.5, 0.6) is 5.75 Å². The molecule has 0 atom stereocenters. The van der Waals surface area contributed by atoms with Crippen molar-refractivity contribution >= 4 is 5.69 Å². The number of rotatable bonds is 2. The molecule has 1 aromatic heterocycles. The van der Waals surface area contributed by atoms with Crippen LogP contribution in [0.15, 0.2) is 28.8 Å². The van der Waals surface area contributed by atoms with Crippen molar-refractivity contribution in [2.45, 2.75) is 6.92 Å². The van der Waals surface area contributed by atoms with Gasteiger partial charge in [-0.2, -0.15) is 0 Å². The minimum atomic E-state index is -0.576. The predicted octanol–water partition coefficient (Wildman–Crippen LogP) is 2.26. The lowest BCUT2D eigenvalue weighted by atomic mass is 10.1. The first kappa shape index (κ1) is 10.2. The van der Waals surface area contributed by atoms with Crippen LogP contribution in [0.3, 0.4) is 0 Å². The second-order valence-electron chi connectivity index (χ2n) is 3.22. The third-order valence-corrected chi connectivity index (χ3v) is 2.16. The number of para-hydroxylation sites is 1. The van der Waals surface area contributed by atoms with Crippen molar-refractivity contribution in [2.24, 2.45) is 0 Å². The summed E-state index contributed by atoms with van der Waals surface area (Å²) in [5.74, 6) is -0.109. The van der Waals surface area contributed by atoms with E-state index in [9.17, 15) is 15.2 Å². The molecule has 1 aromatic carbocycles. The van der Waals surface area contributed by atoms with Gasteiger partial charge in [-0.1, -0.05) is 17.3 Å². The van der Waals surface area contributed by atoms with Gasteiger partial charge >= 0.3 is 5.69 Å². The molecular formula is C10H8N2O4. The Hall–Kier alpha value is -2.37. The molecule has 0 fully saturated rings. The molecule has 0 spiro atoms.